The van der Waals surface area contributed by atoms with Crippen LogP contribution in [0.3, 0.4) is 0 Å². The van der Waals surface area contributed by atoms with Crippen molar-refractivity contribution in [1.82, 2.24) is 9.97 Å². The van der Waals surface area contributed by atoms with E-state index in [9.17, 15) is 4.57 Å². The van der Waals surface area contributed by atoms with E-state index in [2.05, 4.69) is 15.3 Å². The smallest absolute Gasteiger partial charge is 0.137 e. The first kappa shape index (κ1) is 13.8. The monoisotopic (exact) mass is 275 g/mol. The molecule has 1 aromatic carbocycles. The van der Waals surface area contributed by atoms with Gasteiger partial charge in [0.25, 0.3) is 0 Å². The van der Waals surface area contributed by atoms with Crippen molar-refractivity contribution in [1.29, 1.82) is 0 Å². The van der Waals surface area contributed by atoms with Gasteiger partial charge in [0.1, 0.15) is 18.8 Å². The van der Waals surface area contributed by atoms with Crippen LogP contribution in [-0.4, -0.2) is 23.3 Å². The number of aromatic nitrogens is 2. The quantitative estimate of drug-likeness (QED) is 0.875. The zero-order valence-corrected chi connectivity index (χ0v) is 12.5. The van der Waals surface area contributed by atoms with Crippen LogP contribution in [0.4, 0.5) is 11.5 Å². The van der Waals surface area contributed by atoms with Crippen LogP contribution >= 0.6 is 7.14 Å². The van der Waals surface area contributed by atoms with Crippen molar-refractivity contribution >= 4 is 24.0 Å². The highest BCUT2D eigenvalue weighted by Crippen LogP contribution is 2.38. The fraction of sp³-hybridized carbons (Fsp3) is 0.286. The van der Waals surface area contributed by atoms with E-state index in [4.69, 9.17) is 0 Å². The van der Waals surface area contributed by atoms with E-state index in [1.807, 2.05) is 38.1 Å². The third kappa shape index (κ3) is 3.21. The van der Waals surface area contributed by atoms with Gasteiger partial charge in [-0.15, -0.1) is 0 Å². The van der Waals surface area contributed by atoms with Crippen molar-refractivity contribution < 1.29 is 4.57 Å². The molecule has 2 rings (SSSR count). The number of aryl methyl sites for hydroxylation is 2. The summed E-state index contributed by atoms with van der Waals surface area (Å²) in [6.07, 6.45) is 1.78. The molecule has 1 aromatic heterocycles. The fourth-order valence-corrected chi connectivity index (χ4v) is 2.99. The Hall–Kier alpha value is -1.67. The maximum absolute atomic E-state index is 12.3. The average molecular weight is 275 g/mol. The van der Waals surface area contributed by atoms with Gasteiger partial charge in [-0.1, -0.05) is 12.1 Å². The Balaban J connectivity index is 2.44. The number of nitrogens with zero attached hydrogens (tertiary/aromatic N) is 2. The Labute approximate surface area is 113 Å². The molecule has 2 aromatic rings. The van der Waals surface area contributed by atoms with Crippen LogP contribution in [0.25, 0.3) is 0 Å². The molecule has 100 valence electrons. The molecule has 0 aliphatic heterocycles. The molecular weight excluding hydrogens is 257 g/mol. The highest BCUT2D eigenvalue weighted by molar-refractivity contribution is 7.70. The van der Waals surface area contributed by atoms with Crippen molar-refractivity contribution in [2.24, 2.45) is 0 Å². The van der Waals surface area contributed by atoms with Crippen LogP contribution in [0.5, 0.6) is 0 Å². The Morgan fingerprint density at radius 1 is 1.16 bits per heavy atom. The van der Waals surface area contributed by atoms with E-state index < -0.39 is 7.14 Å². The first-order valence-electron chi connectivity index (χ1n) is 6.10. The normalized spacial score (nSPS) is 11.4. The molecule has 0 saturated carbocycles. The van der Waals surface area contributed by atoms with Crippen LogP contribution < -0.4 is 10.6 Å². The summed E-state index contributed by atoms with van der Waals surface area (Å²) in [5, 5.41) is 4.10. The number of para-hydroxylation sites is 1. The van der Waals surface area contributed by atoms with Gasteiger partial charge < -0.3 is 9.88 Å². The lowest BCUT2D eigenvalue weighted by Gasteiger charge is -2.15. The zero-order chi connectivity index (χ0) is 14.0. The minimum absolute atomic E-state index is 0.710. The Kier molecular flexibility index (Phi) is 3.72. The summed E-state index contributed by atoms with van der Waals surface area (Å²) in [6.45, 7) is 7.33. The van der Waals surface area contributed by atoms with Crippen molar-refractivity contribution in [3.63, 3.8) is 0 Å². The SMILES string of the molecule is Cc1ncc(C)c(Nc2ccccc2P(C)(C)=O)n1. The van der Waals surface area contributed by atoms with Crippen molar-refractivity contribution in [3.05, 3.63) is 41.9 Å². The lowest BCUT2D eigenvalue weighted by Crippen LogP contribution is -2.11. The molecule has 0 amide bonds. The van der Waals surface area contributed by atoms with E-state index in [1.54, 1.807) is 19.5 Å². The topological polar surface area (TPSA) is 54.9 Å². The second kappa shape index (κ2) is 5.14. The predicted octanol–water partition coefficient (Wildman–Crippen LogP) is 3.09. The molecule has 0 spiro atoms. The summed E-state index contributed by atoms with van der Waals surface area (Å²) in [5.41, 5.74) is 1.81. The fourth-order valence-electron chi connectivity index (χ4n) is 1.83. The maximum Gasteiger partial charge on any atom is 0.137 e. The van der Waals surface area contributed by atoms with Crippen molar-refractivity contribution in [2.45, 2.75) is 13.8 Å². The molecule has 0 aliphatic carbocycles. The number of hydrogen-bond donors (Lipinski definition) is 1. The van der Waals surface area contributed by atoms with Gasteiger partial charge in [0.15, 0.2) is 0 Å². The molecule has 0 radical (unpaired) electrons. The van der Waals surface area contributed by atoms with Gasteiger partial charge in [0, 0.05) is 17.1 Å². The number of rotatable bonds is 3. The van der Waals surface area contributed by atoms with E-state index >= 15 is 0 Å². The second-order valence-electron chi connectivity index (χ2n) is 4.94. The number of nitrogens with one attached hydrogen (secondary N) is 1. The third-order valence-electron chi connectivity index (χ3n) is 2.83. The summed E-state index contributed by atoms with van der Waals surface area (Å²) in [6, 6.07) is 7.64. The van der Waals surface area contributed by atoms with E-state index in [1.165, 1.54) is 0 Å². The molecular formula is C14H18N3OP. The first-order valence-corrected chi connectivity index (χ1v) is 8.70. The highest BCUT2D eigenvalue weighted by atomic mass is 31.2. The minimum Gasteiger partial charge on any atom is -0.339 e. The first-order chi connectivity index (χ1) is 8.88. The molecule has 0 unspecified atom stereocenters. The summed E-state index contributed by atoms with van der Waals surface area (Å²) in [4.78, 5) is 8.53. The molecule has 1 N–H and O–H groups in total. The van der Waals surface area contributed by atoms with Crippen LogP contribution in [-0.2, 0) is 4.57 Å². The molecule has 0 saturated heterocycles. The predicted molar refractivity (Wildman–Crippen MR) is 80.3 cm³/mol. The highest BCUT2D eigenvalue weighted by Gasteiger charge is 2.16. The molecule has 19 heavy (non-hydrogen) atoms. The van der Waals surface area contributed by atoms with Crippen LogP contribution in [0, 0.1) is 13.8 Å². The van der Waals surface area contributed by atoms with Gasteiger partial charge in [-0.05, 0) is 39.3 Å². The van der Waals surface area contributed by atoms with Crippen LogP contribution in [0.1, 0.15) is 11.4 Å². The van der Waals surface area contributed by atoms with Gasteiger partial charge in [0.05, 0.1) is 5.69 Å². The van der Waals surface area contributed by atoms with Crippen molar-refractivity contribution in [2.75, 3.05) is 18.6 Å². The molecule has 0 aliphatic rings. The zero-order valence-electron chi connectivity index (χ0n) is 11.6. The maximum atomic E-state index is 12.3. The third-order valence-corrected chi connectivity index (χ3v) is 4.38. The van der Waals surface area contributed by atoms with E-state index in [0.29, 0.717) is 5.82 Å². The summed E-state index contributed by atoms with van der Waals surface area (Å²) in [5.74, 6) is 1.47. The summed E-state index contributed by atoms with van der Waals surface area (Å²) >= 11 is 0. The number of hydrogen-bond acceptors (Lipinski definition) is 4. The van der Waals surface area contributed by atoms with Gasteiger partial charge >= 0.3 is 0 Å². The summed E-state index contributed by atoms with van der Waals surface area (Å²) in [7, 11) is -2.33. The molecule has 0 fully saturated rings. The number of anilines is 2. The lowest BCUT2D eigenvalue weighted by atomic mass is 10.3. The Bertz CT molecular complexity index is 649. The van der Waals surface area contributed by atoms with Crippen LogP contribution in [0.2, 0.25) is 0 Å². The summed E-state index contributed by atoms with van der Waals surface area (Å²) < 4.78 is 12.3. The standard InChI is InChI=1S/C14H18N3OP/c1-10-9-15-11(2)16-14(10)17-12-7-5-6-8-13(12)19(3,4)18/h5-9H,1-4H3,(H,15,16,17). The second-order valence-corrected chi connectivity index (χ2v) is 8.13. The van der Waals surface area contributed by atoms with Crippen molar-refractivity contribution in [3.8, 4) is 0 Å². The minimum atomic E-state index is -2.33. The molecule has 1 heterocycles. The van der Waals surface area contributed by atoms with Crippen LogP contribution in [0.15, 0.2) is 30.5 Å². The molecule has 0 atom stereocenters. The number of benzene rings is 1. The van der Waals surface area contributed by atoms with Gasteiger partial charge in [-0.3, -0.25) is 0 Å². The molecule has 5 heteroatoms. The average Bonchev–Trinajstić information content (AvgIpc) is 2.33. The van der Waals surface area contributed by atoms with Gasteiger partial charge in [-0.25, -0.2) is 9.97 Å². The Morgan fingerprint density at radius 3 is 2.53 bits per heavy atom. The largest absolute Gasteiger partial charge is 0.339 e. The molecule has 4 nitrogen and oxygen atoms in total. The molecule has 0 bridgehead atoms. The lowest BCUT2D eigenvalue weighted by molar-refractivity contribution is 0.588. The van der Waals surface area contributed by atoms with E-state index in [0.717, 1.165) is 22.4 Å². The van der Waals surface area contributed by atoms with Gasteiger partial charge in [-0.2, -0.15) is 0 Å². The van der Waals surface area contributed by atoms with Gasteiger partial charge in [0.2, 0.25) is 0 Å². The van der Waals surface area contributed by atoms with E-state index in [-0.39, 0.29) is 0 Å². The Morgan fingerprint density at radius 2 is 1.84 bits per heavy atom.